The molecule has 148 valence electrons. The lowest BCUT2D eigenvalue weighted by atomic mass is 10.1. The Labute approximate surface area is 182 Å². The maximum absolute atomic E-state index is 12.7. The number of halogens is 1. The predicted octanol–water partition coefficient (Wildman–Crippen LogP) is 6.34. The number of anilines is 1. The van der Waals surface area contributed by atoms with Crippen LogP contribution >= 0.6 is 22.9 Å². The molecule has 6 heteroatoms. The molecule has 1 amide bonds. The molecule has 2 heterocycles. The number of hydrogen-bond acceptors (Lipinski definition) is 4. The number of thiazole rings is 1. The zero-order chi connectivity index (χ0) is 20.7. The number of rotatable bonds is 3. The van der Waals surface area contributed by atoms with E-state index < -0.39 is 0 Å². The molecule has 30 heavy (non-hydrogen) atoms. The molecule has 0 saturated carbocycles. The van der Waals surface area contributed by atoms with Gasteiger partial charge in [-0.3, -0.25) is 4.79 Å². The van der Waals surface area contributed by atoms with Gasteiger partial charge in [-0.05, 0) is 73.2 Å². The minimum Gasteiger partial charge on any atom is -0.488 e. The third-order valence-corrected chi connectivity index (χ3v) is 6.21. The second-order valence-corrected chi connectivity index (χ2v) is 8.63. The molecule has 1 aromatic heterocycles. The fraction of sp³-hybridized carbons (Fsp3) is 0.0833. The fourth-order valence-electron chi connectivity index (χ4n) is 3.34. The summed E-state index contributed by atoms with van der Waals surface area (Å²) in [4.78, 5) is 17.4. The van der Waals surface area contributed by atoms with E-state index in [1.54, 1.807) is 23.5 Å². The maximum atomic E-state index is 12.7. The molecule has 0 spiro atoms. The molecule has 0 unspecified atom stereocenters. The van der Waals surface area contributed by atoms with Gasteiger partial charge >= 0.3 is 0 Å². The van der Waals surface area contributed by atoms with Gasteiger partial charge in [0, 0.05) is 21.8 Å². The number of aryl methyl sites for hydroxylation is 1. The van der Waals surface area contributed by atoms with Gasteiger partial charge in [-0.25, -0.2) is 4.98 Å². The van der Waals surface area contributed by atoms with E-state index in [0.717, 1.165) is 33.1 Å². The van der Waals surface area contributed by atoms with Crippen molar-refractivity contribution in [2.45, 2.75) is 6.92 Å². The van der Waals surface area contributed by atoms with Crippen LogP contribution in [0, 0.1) is 6.92 Å². The summed E-state index contributed by atoms with van der Waals surface area (Å²) >= 11 is 7.71. The van der Waals surface area contributed by atoms with Gasteiger partial charge in [-0.15, -0.1) is 11.3 Å². The average Bonchev–Trinajstić information content (AvgIpc) is 3.17. The number of ether oxygens (including phenoxy) is 1. The number of nitrogens with one attached hydrogen (secondary N) is 1. The minimum atomic E-state index is -0.191. The molecule has 0 bridgehead atoms. The monoisotopic (exact) mass is 432 g/mol. The smallest absolute Gasteiger partial charge is 0.255 e. The van der Waals surface area contributed by atoms with E-state index in [1.165, 1.54) is 10.3 Å². The largest absolute Gasteiger partial charge is 0.488 e. The van der Waals surface area contributed by atoms with Crippen LogP contribution in [0.2, 0.25) is 5.02 Å². The quantitative estimate of drug-likeness (QED) is 0.411. The molecule has 0 radical (unpaired) electrons. The molecule has 1 N–H and O–H groups in total. The first-order chi connectivity index (χ1) is 14.5. The molecule has 1 aliphatic heterocycles. The van der Waals surface area contributed by atoms with Crippen molar-refractivity contribution in [1.29, 1.82) is 0 Å². The molecule has 4 nitrogen and oxygen atoms in total. The Hall–Kier alpha value is -3.15. The SMILES string of the molecule is Cc1ccc2nc(-c3ccc(NC(=O)C4=Cc5cc(Cl)ccc5OC4)cc3)sc2c1. The van der Waals surface area contributed by atoms with Crippen molar-refractivity contribution in [1.82, 2.24) is 4.98 Å². The van der Waals surface area contributed by atoms with Gasteiger partial charge in [0.15, 0.2) is 0 Å². The highest BCUT2D eigenvalue weighted by Gasteiger charge is 2.18. The minimum absolute atomic E-state index is 0.191. The van der Waals surface area contributed by atoms with Crippen molar-refractivity contribution in [3.8, 4) is 16.3 Å². The number of fused-ring (bicyclic) bond motifs is 2. The fourth-order valence-corrected chi connectivity index (χ4v) is 4.59. The van der Waals surface area contributed by atoms with Crippen LogP contribution in [0.3, 0.4) is 0 Å². The van der Waals surface area contributed by atoms with Gasteiger partial charge in [0.1, 0.15) is 17.4 Å². The zero-order valence-electron chi connectivity index (χ0n) is 16.1. The maximum Gasteiger partial charge on any atom is 0.255 e. The number of nitrogens with zero attached hydrogens (tertiary/aromatic N) is 1. The average molecular weight is 433 g/mol. The van der Waals surface area contributed by atoms with Crippen molar-refractivity contribution in [2.24, 2.45) is 0 Å². The summed E-state index contributed by atoms with van der Waals surface area (Å²) in [5, 5.41) is 4.50. The molecule has 0 saturated heterocycles. The molecule has 0 atom stereocenters. The molecular formula is C24H17ClN2O2S. The number of aromatic nitrogens is 1. The third-order valence-electron chi connectivity index (χ3n) is 4.91. The molecule has 5 rings (SSSR count). The third kappa shape index (κ3) is 3.70. The molecule has 0 fully saturated rings. The van der Waals surface area contributed by atoms with Crippen LogP contribution in [-0.4, -0.2) is 17.5 Å². The first-order valence-electron chi connectivity index (χ1n) is 9.47. The summed E-state index contributed by atoms with van der Waals surface area (Å²) in [5.41, 5.74) is 5.33. The summed E-state index contributed by atoms with van der Waals surface area (Å²) in [5.74, 6) is 0.537. The lowest BCUT2D eigenvalue weighted by Crippen LogP contribution is -2.21. The van der Waals surface area contributed by atoms with Crippen molar-refractivity contribution in [3.05, 3.63) is 82.4 Å². The summed E-state index contributed by atoms with van der Waals surface area (Å²) in [6, 6.07) is 19.4. The van der Waals surface area contributed by atoms with E-state index in [1.807, 2.05) is 42.5 Å². The first kappa shape index (κ1) is 18.9. The predicted molar refractivity (Wildman–Crippen MR) is 123 cm³/mol. The van der Waals surface area contributed by atoms with Gasteiger partial charge in [0.2, 0.25) is 0 Å². The van der Waals surface area contributed by atoms with Gasteiger partial charge in [-0.2, -0.15) is 0 Å². The Morgan fingerprint density at radius 1 is 1.10 bits per heavy atom. The summed E-state index contributed by atoms with van der Waals surface area (Å²) < 4.78 is 6.84. The highest BCUT2D eigenvalue weighted by molar-refractivity contribution is 7.21. The van der Waals surface area contributed by atoms with Crippen molar-refractivity contribution < 1.29 is 9.53 Å². The number of benzene rings is 3. The summed E-state index contributed by atoms with van der Waals surface area (Å²) in [7, 11) is 0. The van der Waals surface area contributed by atoms with E-state index in [-0.39, 0.29) is 12.5 Å². The second kappa shape index (κ2) is 7.59. The number of hydrogen-bond donors (Lipinski definition) is 1. The lowest BCUT2D eigenvalue weighted by Gasteiger charge is -2.18. The van der Waals surface area contributed by atoms with Crippen LogP contribution in [0.5, 0.6) is 5.75 Å². The van der Waals surface area contributed by atoms with Crippen LogP contribution in [0.4, 0.5) is 5.69 Å². The lowest BCUT2D eigenvalue weighted by molar-refractivity contribution is -0.113. The van der Waals surface area contributed by atoms with Crippen molar-refractivity contribution >= 4 is 50.8 Å². The Balaban J connectivity index is 1.34. The Bertz CT molecular complexity index is 1310. The molecule has 4 aromatic rings. The topological polar surface area (TPSA) is 51.2 Å². The van der Waals surface area contributed by atoms with Crippen LogP contribution < -0.4 is 10.1 Å². The van der Waals surface area contributed by atoms with E-state index >= 15 is 0 Å². The summed E-state index contributed by atoms with van der Waals surface area (Å²) in [6.45, 7) is 2.31. The van der Waals surface area contributed by atoms with Gasteiger partial charge in [-0.1, -0.05) is 17.7 Å². The highest BCUT2D eigenvalue weighted by Crippen LogP contribution is 2.32. The number of carbonyl (C=O) groups excluding carboxylic acids is 1. The summed E-state index contributed by atoms with van der Waals surface area (Å²) in [6.07, 6.45) is 1.82. The Morgan fingerprint density at radius 2 is 1.93 bits per heavy atom. The van der Waals surface area contributed by atoms with Crippen molar-refractivity contribution in [2.75, 3.05) is 11.9 Å². The van der Waals surface area contributed by atoms with Crippen LogP contribution in [0.1, 0.15) is 11.1 Å². The van der Waals surface area contributed by atoms with Crippen LogP contribution in [0.15, 0.2) is 66.2 Å². The standard InChI is InChI=1S/C24H17ClN2O2S/c1-14-2-8-20-22(10-14)30-24(27-20)15-3-6-19(7-4-15)26-23(28)17-11-16-12-18(25)5-9-21(16)29-13-17/h2-12H,13H2,1H3,(H,26,28). The zero-order valence-corrected chi connectivity index (χ0v) is 17.7. The van der Waals surface area contributed by atoms with Crippen molar-refractivity contribution in [3.63, 3.8) is 0 Å². The molecule has 1 aliphatic rings. The molecule has 3 aromatic carbocycles. The Kier molecular flexibility index (Phi) is 4.77. The van der Waals surface area contributed by atoms with Crippen LogP contribution in [-0.2, 0) is 4.79 Å². The molecule has 0 aliphatic carbocycles. The normalized spacial score (nSPS) is 12.8. The van der Waals surface area contributed by atoms with Gasteiger partial charge < -0.3 is 10.1 Å². The number of carbonyl (C=O) groups is 1. The van der Waals surface area contributed by atoms with E-state index in [9.17, 15) is 4.79 Å². The van der Waals surface area contributed by atoms with Gasteiger partial charge in [0.25, 0.3) is 5.91 Å². The van der Waals surface area contributed by atoms with Gasteiger partial charge in [0.05, 0.1) is 15.8 Å². The van der Waals surface area contributed by atoms with E-state index in [2.05, 4.69) is 24.4 Å². The second-order valence-electron chi connectivity index (χ2n) is 7.16. The van der Waals surface area contributed by atoms with E-state index in [0.29, 0.717) is 10.6 Å². The van der Waals surface area contributed by atoms with Crippen LogP contribution in [0.25, 0.3) is 26.9 Å². The Morgan fingerprint density at radius 3 is 2.77 bits per heavy atom. The van der Waals surface area contributed by atoms with E-state index in [4.69, 9.17) is 21.3 Å². The first-order valence-corrected chi connectivity index (χ1v) is 10.7. The number of amides is 1. The highest BCUT2D eigenvalue weighted by atomic mass is 35.5. The molecular weight excluding hydrogens is 416 g/mol.